The van der Waals surface area contributed by atoms with Gasteiger partial charge in [0, 0.05) is 13.2 Å². The molecule has 0 rings (SSSR count). The van der Waals surface area contributed by atoms with Gasteiger partial charge in [-0.2, -0.15) is 0 Å². The summed E-state index contributed by atoms with van der Waals surface area (Å²) in [4.78, 5) is 11.7. The predicted octanol–water partition coefficient (Wildman–Crippen LogP) is 2.76. The van der Waals surface area contributed by atoms with Gasteiger partial charge in [0.2, 0.25) is 0 Å². The highest BCUT2D eigenvalue weighted by molar-refractivity contribution is 5.75. The van der Waals surface area contributed by atoms with E-state index in [9.17, 15) is 4.79 Å². The van der Waals surface area contributed by atoms with E-state index in [0.29, 0.717) is 25.6 Å². The Hall–Kier alpha value is -0.610. The van der Waals surface area contributed by atoms with Crippen molar-refractivity contribution in [2.75, 3.05) is 26.4 Å². The number of hydrogen-bond donors (Lipinski definition) is 1. The van der Waals surface area contributed by atoms with Gasteiger partial charge < -0.3 is 14.8 Å². The third-order valence-electron chi connectivity index (χ3n) is 3.27. The van der Waals surface area contributed by atoms with Crippen LogP contribution in [0.4, 0.5) is 0 Å². The molecule has 0 aliphatic carbocycles. The van der Waals surface area contributed by atoms with Gasteiger partial charge in [0.25, 0.3) is 0 Å². The summed E-state index contributed by atoms with van der Waals surface area (Å²) in [6, 6.07) is -0.235. The lowest BCUT2D eigenvalue weighted by atomic mass is 10.1. The van der Waals surface area contributed by atoms with Crippen LogP contribution >= 0.6 is 0 Å². The number of rotatable bonds is 12. The molecule has 4 nitrogen and oxygen atoms in total. The minimum Gasteiger partial charge on any atom is -0.465 e. The SMILES string of the molecule is CCCNC(CCOCC(CC)CC)C(=O)OCC. The van der Waals surface area contributed by atoms with E-state index in [-0.39, 0.29) is 12.0 Å². The number of hydrogen-bond acceptors (Lipinski definition) is 4. The van der Waals surface area contributed by atoms with E-state index >= 15 is 0 Å². The van der Waals surface area contributed by atoms with Crippen molar-refractivity contribution in [2.45, 2.75) is 59.4 Å². The molecule has 4 heteroatoms. The topological polar surface area (TPSA) is 47.6 Å². The molecule has 0 heterocycles. The summed E-state index contributed by atoms with van der Waals surface area (Å²) in [5.41, 5.74) is 0. The normalized spacial score (nSPS) is 12.7. The van der Waals surface area contributed by atoms with E-state index in [2.05, 4.69) is 26.1 Å². The van der Waals surface area contributed by atoms with Crippen LogP contribution in [0.25, 0.3) is 0 Å². The van der Waals surface area contributed by atoms with Crippen LogP contribution in [0.15, 0.2) is 0 Å². The Balaban J connectivity index is 3.94. The highest BCUT2D eigenvalue weighted by atomic mass is 16.5. The maximum atomic E-state index is 11.7. The molecular weight excluding hydrogens is 242 g/mol. The van der Waals surface area contributed by atoms with Gasteiger partial charge in [-0.1, -0.05) is 33.6 Å². The van der Waals surface area contributed by atoms with Gasteiger partial charge in [0.1, 0.15) is 6.04 Å². The Kier molecular flexibility index (Phi) is 12.0. The Bertz CT molecular complexity index is 217. The van der Waals surface area contributed by atoms with Gasteiger partial charge >= 0.3 is 5.97 Å². The minimum absolute atomic E-state index is 0.165. The largest absolute Gasteiger partial charge is 0.465 e. The molecule has 0 saturated heterocycles. The molecule has 0 aliphatic heterocycles. The molecule has 114 valence electrons. The molecule has 0 fully saturated rings. The zero-order valence-electron chi connectivity index (χ0n) is 13.0. The number of nitrogens with one attached hydrogen (secondary N) is 1. The van der Waals surface area contributed by atoms with E-state index in [1.54, 1.807) is 0 Å². The molecular formula is C15H31NO3. The van der Waals surface area contributed by atoms with Crippen LogP contribution in [0.1, 0.15) is 53.4 Å². The highest BCUT2D eigenvalue weighted by Crippen LogP contribution is 2.08. The molecule has 0 spiro atoms. The van der Waals surface area contributed by atoms with Crippen molar-refractivity contribution in [3.63, 3.8) is 0 Å². The molecule has 0 aromatic heterocycles. The summed E-state index contributed by atoms with van der Waals surface area (Å²) < 4.78 is 10.7. The summed E-state index contributed by atoms with van der Waals surface area (Å²) in [6.07, 6.45) is 3.97. The minimum atomic E-state index is -0.235. The lowest BCUT2D eigenvalue weighted by Crippen LogP contribution is -2.39. The molecule has 0 radical (unpaired) electrons. The second-order valence-corrected chi connectivity index (χ2v) is 4.80. The summed E-state index contributed by atoms with van der Waals surface area (Å²) in [6.45, 7) is 10.9. The molecule has 0 amide bonds. The van der Waals surface area contributed by atoms with Crippen molar-refractivity contribution >= 4 is 5.97 Å². The quantitative estimate of drug-likeness (QED) is 0.439. The van der Waals surface area contributed by atoms with Crippen molar-refractivity contribution in [3.05, 3.63) is 0 Å². The van der Waals surface area contributed by atoms with Crippen molar-refractivity contribution in [1.82, 2.24) is 5.32 Å². The van der Waals surface area contributed by atoms with Crippen LogP contribution in [-0.4, -0.2) is 38.4 Å². The van der Waals surface area contributed by atoms with Crippen molar-refractivity contribution in [1.29, 1.82) is 0 Å². The summed E-state index contributed by atoms with van der Waals surface area (Å²) in [5.74, 6) is 0.465. The van der Waals surface area contributed by atoms with Gasteiger partial charge in [0.15, 0.2) is 0 Å². The Labute approximate surface area is 118 Å². The fourth-order valence-electron chi connectivity index (χ4n) is 1.84. The molecule has 1 atom stereocenters. The summed E-state index contributed by atoms with van der Waals surface area (Å²) in [5, 5.41) is 3.22. The Morgan fingerprint density at radius 1 is 1.16 bits per heavy atom. The smallest absolute Gasteiger partial charge is 0.323 e. The van der Waals surface area contributed by atoms with E-state index in [0.717, 1.165) is 32.4 Å². The van der Waals surface area contributed by atoms with E-state index in [1.165, 1.54) is 0 Å². The molecule has 19 heavy (non-hydrogen) atoms. The molecule has 0 aliphatic rings. The van der Waals surface area contributed by atoms with Crippen LogP contribution in [0.2, 0.25) is 0 Å². The highest BCUT2D eigenvalue weighted by Gasteiger charge is 2.18. The van der Waals surface area contributed by atoms with Crippen LogP contribution in [-0.2, 0) is 14.3 Å². The number of ether oxygens (including phenoxy) is 2. The third-order valence-corrected chi connectivity index (χ3v) is 3.27. The molecule has 0 aromatic carbocycles. The maximum absolute atomic E-state index is 11.7. The van der Waals surface area contributed by atoms with Crippen LogP contribution in [0.3, 0.4) is 0 Å². The van der Waals surface area contributed by atoms with E-state index in [4.69, 9.17) is 9.47 Å². The standard InChI is InChI=1S/C15H31NO3/c1-5-10-16-14(15(17)19-8-4)9-11-18-12-13(6-2)7-3/h13-14,16H,5-12H2,1-4H3. The Morgan fingerprint density at radius 3 is 2.37 bits per heavy atom. The maximum Gasteiger partial charge on any atom is 0.323 e. The zero-order valence-corrected chi connectivity index (χ0v) is 13.0. The first kappa shape index (κ1) is 18.4. The fraction of sp³-hybridized carbons (Fsp3) is 0.933. The number of carbonyl (C=O) groups is 1. The third kappa shape index (κ3) is 9.00. The molecule has 1 N–H and O–H groups in total. The van der Waals surface area contributed by atoms with Crippen molar-refractivity contribution in [2.24, 2.45) is 5.92 Å². The van der Waals surface area contributed by atoms with Crippen molar-refractivity contribution < 1.29 is 14.3 Å². The van der Waals surface area contributed by atoms with Crippen LogP contribution in [0, 0.1) is 5.92 Å². The first-order chi connectivity index (χ1) is 9.19. The number of esters is 1. The Morgan fingerprint density at radius 2 is 1.84 bits per heavy atom. The lowest BCUT2D eigenvalue weighted by molar-refractivity contribution is -0.146. The summed E-state index contributed by atoms with van der Waals surface area (Å²) >= 11 is 0. The van der Waals surface area contributed by atoms with Crippen LogP contribution in [0.5, 0.6) is 0 Å². The average Bonchev–Trinajstić information content (AvgIpc) is 2.42. The second kappa shape index (κ2) is 12.4. The van der Waals surface area contributed by atoms with E-state index < -0.39 is 0 Å². The zero-order chi connectivity index (χ0) is 14.5. The lowest BCUT2D eigenvalue weighted by Gasteiger charge is -2.18. The van der Waals surface area contributed by atoms with Gasteiger partial charge in [-0.25, -0.2) is 0 Å². The van der Waals surface area contributed by atoms with Gasteiger partial charge in [-0.05, 0) is 32.2 Å². The first-order valence-electron chi connectivity index (χ1n) is 7.67. The second-order valence-electron chi connectivity index (χ2n) is 4.80. The average molecular weight is 273 g/mol. The van der Waals surface area contributed by atoms with Crippen molar-refractivity contribution in [3.8, 4) is 0 Å². The van der Waals surface area contributed by atoms with Gasteiger partial charge in [-0.15, -0.1) is 0 Å². The van der Waals surface area contributed by atoms with Crippen LogP contribution < -0.4 is 5.32 Å². The molecule has 0 saturated carbocycles. The van der Waals surface area contributed by atoms with Gasteiger partial charge in [0.05, 0.1) is 6.61 Å². The van der Waals surface area contributed by atoms with Gasteiger partial charge in [-0.3, -0.25) is 4.79 Å². The monoisotopic (exact) mass is 273 g/mol. The molecule has 1 unspecified atom stereocenters. The number of carbonyl (C=O) groups excluding carboxylic acids is 1. The fourth-order valence-corrected chi connectivity index (χ4v) is 1.84. The summed E-state index contributed by atoms with van der Waals surface area (Å²) in [7, 11) is 0. The predicted molar refractivity (Wildman–Crippen MR) is 78.2 cm³/mol. The first-order valence-corrected chi connectivity index (χ1v) is 7.67. The molecule has 0 bridgehead atoms. The molecule has 0 aromatic rings. The van der Waals surface area contributed by atoms with E-state index in [1.807, 2.05) is 6.92 Å².